The maximum absolute atomic E-state index is 12.7. The van der Waals surface area contributed by atoms with Crippen molar-refractivity contribution >= 4 is 11.6 Å². The molecule has 0 radical (unpaired) electrons. The summed E-state index contributed by atoms with van der Waals surface area (Å²) in [5.74, 6) is -0.644. The topological polar surface area (TPSA) is 57.8 Å². The van der Waals surface area contributed by atoms with Crippen molar-refractivity contribution in [3.05, 3.63) is 47.0 Å². The number of halogens is 1. The predicted octanol–water partition coefficient (Wildman–Crippen LogP) is 2.42. The molecule has 0 aliphatic heterocycles. The molecule has 4 nitrogen and oxygen atoms in total. The molecular formula is C12H12FN3O. The molecule has 0 saturated carbocycles. The number of anilines is 1. The molecule has 5 heteroatoms. The van der Waals surface area contributed by atoms with Crippen LogP contribution >= 0.6 is 0 Å². The molecule has 2 rings (SSSR count). The van der Waals surface area contributed by atoms with Crippen LogP contribution in [0.3, 0.4) is 0 Å². The Hall–Kier alpha value is -2.17. The minimum absolute atomic E-state index is 0.280. The van der Waals surface area contributed by atoms with Crippen LogP contribution in [0.25, 0.3) is 0 Å². The number of aryl methyl sites for hydroxylation is 2. The molecule has 1 amide bonds. The van der Waals surface area contributed by atoms with Gasteiger partial charge in [0.05, 0.1) is 17.1 Å². The molecule has 0 unspecified atom stereocenters. The van der Waals surface area contributed by atoms with E-state index in [-0.39, 0.29) is 11.7 Å². The Labute approximate surface area is 97.9 Å². The molecule has 0 spiro atoms. The van der Waals surface area contributed by atoms with Gasteiger partial charge in [0, 0.05) is 5.56 Å². The van der Waals surface area contributed by atoms with E-state index in [1.807, 2.05) is 6.92 Å². The number of hydrogen-bond acceptors (Lipinski definition) is 2. The lowest BCUT2D eigenvalue weighted by Crippen LogP contribution is -2.12. The third-order valence-electron chi connectivity index (χ3n) is 2.47. The molecule has 1 aromatic heterocycles. The van der Waals surface area contributed by atoms with Crippen LogP contribution < -0.4 is 5.32 Å². The summed E-state index contributed by atoms with van der Waals surface area (Å²) in [6, 6.07) is 5.39. The lowest BCUT2D eigenvalue weighted by atomic mass is 10.2. The van der Waals surface area contributed by atoms with Crippen molar-refractivity contribution in [2.45, 2.75) is 13.8 Å². The van der Waals surface area contributed by atoms with Crippen molar-refractivity contribution < 1.29 is 9.18 Å². The van der Waals surface area contributed by atoms with Gasteiger partial charge in [0.1, 0.15) is 5.82 Å². The smallest absolute Gasteiger partial charge is 0.255 e. The normalized spacial score (nSPS) is 10.3. The fourth-order valence-electron chi connectivity index (χ4n) is 1.52. The second-order valence-electron chi connectivity index (χ2n) is 3.77. The maximum Gasteiger partial charge on any atom is 0.255 e. The van der Waals surface area contributed by atoms with Gasteiger partial charge in [0.25, 0.3) is 5.91 Å². The van der Waals surface area contributed by atoms with Gasteiger partial charge >= 0.3 is 0 Å². The monoisotopic (exact) mass is 233 g/mol. The Morgan fingerprint density at radius 1 is 1.29 bits per heavy atom. The zero-order valence-corrected chi connectivity index (χ0v) is 9.54. The fourth-order valence-corrected chi connectivity index (χ4v) is 1.52. The number of nitrogens with zero attached hydrogens (tertiary/aromatic N) is 1. The number of carbonyl (C=O) groups excluding carboxylic acids is 1. The summed E-state index contributed by atoms with van der Waals surface area (Å²) in [4.78, 5) is 11.9. The molecule has 2 aromatic rings. The largest absolute Gasteiger partial charge is 0.319 e. The zero-order valence-electron chi connectivity index (χ0n) is 9.54. The number of rotatable bonds is 2. The zero-order chi connectivity index (χ0) is 12.4. The third-order valence-corrected chi connectivity index (χ3v) is 2.47. The summed E-state index contributed by atoms with van der Waals surface area (Å²) < 4.78 is 12.7. The first-order valence-electron chi connectivity index (χ1n) is 5.16. The van der Waals surface area contributed by atoms with E-state index < -0.39 is 0 Å². The van der Waals surface area contributed by atoms with Gasteiger partial charge in [-0.15, -0.1) is 0 Å². The van der Waals surface area contributed by atoms with Crippen LogP contribution in [0.1, 0.15) is 21.7 Å². The number of amides is 1. The fraction of sp³-hybridized carbons (Fsp3) is 0.167. The molecule has 0 bridgehead atoms. The predicted molar refractivity (Wildman–Crippen MR) is 62.4 cm³/mol. The van der Waals surface area contributed by atoms with E-state index in [9.17, 15) is 9.18 Å². The van der Waals surface area contributed by atoms with E-state index in [1.165, 1.54) is 24.3 Å². The minimum Gasteiger partial charge on any atom is -0.319 e. The molecule has 1 aromatic carbocycles. The van der Waals surface area contributed by atoms with Gasteiger partial charge in [-0.05, 0) is 38.1 Å². The highest BCUT2D eigenvalue weighted by Gasteiger charge is 2.11. The number of H-pyrrole nitrogens is 1. The van der Waals surface area contributed by atoms with Crippen LogP contribution in [-0.4, -0.2) is 16.1 Å². The van der Waals surface area contributed by atoms with Crippen LogP contribution in [0.15, 0.2) is 24.3 Å². The molecule has 0 fully saturated rings. The highest BCUT2D eigenvalue weighted by Crippen LogP contribution is 2.17. The average Bonchev–Trinajstić information content (AvgIpc) is 2.61. The Morgan fingerprint density at radius 3 is 2.47 bits per heavy atom. The van der Waals surface area contributed by atoms with E-state index in [0.717, 1.165) is 11.4 Å². The van der Waals surface area contributed by atoms with E-state index in [4.69, 9.17) is 0 Å². The molecule has 0 aliphatic carbocycles. The van der Waals surface area contributed by atoms with Crippen molar-refractivity contribution in [1.82, 2.24) is 10.2 Å². The van der Waals surface area contributed by atoms with Gasteiger partial charge < -0.3 is 5.32 Å². The van der Waals surface area contributed by atoms with Gasteiger partial charge in [-0.25, -0.2) is 4.39 Å². The molecule has 0 saturated heterocycles. The number of carbonyl (C=O) groups is 1. The van der Waals surface area contributed by atoms with Gasteiger partial charge in [0.2, 0.25) is 0 Å². The van der Waals surface area contributed by atoms with Crippen LogP contribution in [0.2, 0.25) is 0 Å². The van der Waals surface area contributed by atoms with Crippen molar-refractivity contribution in [3.8, 4) is 0 Å². The molecule has 0 aliphatic rings. The first kappa shape index (κ1) is 11.3. The second-order valence-corrected chi connectivity index (χ2v) is 3.77. The van der Waals surface area contributed by atoms with E-state index in [1.54, 1.807) is 6.92 Å². The summed E-state index contributed by atoms with van der Waals surface area (Å²) in [5.41, 5.74) is 2.58. The highest BCUT2D eigenvalue weighted by atomic mass is 19.1. The van der Waals surface area contributed by atoms with E-state index in [0.29, 0.717) is 11.3 Å². The quantitative estimate of drug-likeness (QED) is 0.836. The summed E-state index contributed by atoms with van der Waals surface area (Å²) in [5, 5.41) is 9.49. The van der Waals surface area contributed by atoms with Gasteiger partial charge in [0.15, 0.2) is 0 Å². The van der Waals surface area contributed by atoms with Crippen molar-refractivity contribution in [3.63, 3.8) is 0 Å². The van der Waals surface area contributed by atoms with Crippen molar-refractivity contribution in [2.24, 2.45) is 0 Å². The number of hydrogen-bond donors (Lipinski definition) is 2. The minimum atomic E-state index is -0.364. The van der Waals surface area contributed by atoms with Gasteiger partial charge in [-0.2, -0.15) is 5.10 Å². The number of aromatic nitrogens is 2. The average molecular weight is 233 g/mol. The lowest BCUT2D eigenvalue weighted by molar-refractivity contribution is 0.102. The summed E-state index contributed by atoms with van der Waals surface area (Å²) >= 11 is 0. The molecular weight excluding hydrogens is 221 g/mol. The second kappa shape index (κ2) is 4.37. The van der Waals surface area contributed by atoms with E-state index >= 15 is 0 Å². The Bertz CT molecular complexity index is 526. The molecule has 1 heterocycles. The summed E-state index contributed by atoms with van der Waals surface area (Å²) in [6.07, 6.45) is 0. The summed E-state index contributed by atoms with van der Waals surface area (Å²) in [7, 11) is 0. The highest BCUT2D eigenvalue weighted by molar-refractivity contribution is 6.04. The molecule has 2 N–H and O–H groups in total. The van der Waals surface area contributed by atoms with E-state index in [2.05, 4.69) is 15.5 Å². The number of aromatic amines is 1. The SMILES string of the molecule is Cc1n[nH]c(C)c1NC(=O)c1ccc(F)cc1. The van der Waals surface area contributed by atoms with Crippen LogP contribution in [0.4, 0.5) is 10.1 Å². The van der Waals surface area contributed by atoms with Crippen LogP contribution in [0, 0.1) is 19.7 Å². The molecule has 0 atom stereocenters. The number of benzene rings is 1. The third kappa shape index (κ3) is 2.33. The van der Waals surface area contributed by atoms with Crippen LogP contribution in [-0.2, 0) is 0 Å². The Kier molecular flexibility index (Phi) is 2.91. The molecule has 17 heavy (non-hydrogen) atoms. The van der Waals surface area contributed by atoms with Crippen molar-refractivity contribution in [2.75, 3.05) is 5.32 Å². The van der Waals surface area contributed by atoms with Gasteiger partial charge in [-0.3, -0.25) is 9.89 Å². The Balaban J connectivity index is 2.20. The van der Waals surface area contributed by atoms with Crippen molar-refractivity contribution in [1.29, 1.82) is 0 Å². The lowest BCUT2D eigenvalue weighted by Gasteiger charge is -2.04. The number of nitrogens with one attached hydrogen (secondary N) is 2. The standard InChI is InChI=1S/C12H12FN3O/c1-7-11(8(2)16-15-7)14-12(17)9-3-5-10(13)6-4-9/h3-6H,1-2H3,(H,14,17)(H,15,16). The van der Waals surface area contributed by atoms with Gasteiger partial charge in [-0.1, -0.05) is 0 Å². The summed E-state index contributed by atoms with van der Waals surface area (Å²) in [6.45, 7) is 3.62. The molecule has 88 valence electrons. The first-order chi connectivity index (χ1) is 8.08. The maximum atomic E-state index is 12.7. The van der Waals surface area contributed by atoms with Crippen LogP contribution in [0.5, 0.6) is 0 Å². The first-order valence-corrected chi connectivity index (χ1v) is 5.16. The Morgan fingerprint density at radius 2 is 1.94 bits per heavy atom.